The number of benzene rings is 5. The molecule has 2 saturated carbocycles. The fourth-order valence-electron chi connectivity index (χ4n) is 17.1. The zero-order chi connectivity index (χ0) is 55.8. The standard InChI is InChI=1S/C68H78N4O8S/c1-40-10-11-47-33-55-22-24-57(47)59(40)36-63(81(76,77)78)60-35-50-31-49(34-56-28-42(39-73)8-5-9-46-32-54(74)21-23-58(46)65(50)79-56)64(60)44-14-18-53(19-15-44)68(80-55,72-66(69)70)61-25-20-52-17-16-48(45-13-12-43-26-27-71-38-51(43)30-45)37-67(52,75)62(61)29-41-6-3-2-4-7-41/h2-4,6-7,12-15,18-19,21-24,30,32-33,35,40,42,48-49,52,56,59-65,71,73-75H,8,10-11,16-17,20,25-29,31,34,36-39H2,1H3,(H4,69,70,72)(H,76,77,78). The van der Waals surface area contributed by atoms with Crippen molar-refractivity contribution in [2.45, 2.75) is 150 Å². The van der Waals surface area contributed by atoms with Gasteiger partial charge in [-0.25, -0.2) is 4.99 Å². The molecule has 13 heteroatoms. The number of nitrogens with zero attached hydrogens (tertiary/aromatic N) is 1. The molecule has 15 rings (SSSR count). The van der Waals surface area contributed by atoms with Gasteiger partial charge in [0.1, 0.15) is 17.6 Å². The molecule has 10 aliphatic rings. The van der Waals surface area contributed by atoms with Crippen LogP contribution in [0.25, 0.3) is 0 Å². The summed E-state index contributed by atoms with van der Waals surface area (Å²) in [6, 6.07) is 37.1. The maximum Gasteiger partial charge on any atom is 0.268 e. The third kappa shape index (κ3) is 10.2. The molecule has 0 amide bonds. The predicted molar refractivity (Wildman–Crippen MR) is 314 cm³/mol. The number of allylic oxidation sites excluding steroid dienone is 1. The number of hydrogen-bond acceptors (Lipinski definition) is 9. The first-order valence-corrected chi connectivity index (χ1v) is 31.5. The molecule has 1 saturated heterocycles. The van der Waals surface area contributed by atoms with Crippen molar-refractivity contribution in [2.24, 2.45) is 57.9 Å². The van der Waals surface area contributed by atoms with Crippen molar-refractivity contribution >= 4 is 16.1 Å². The summed E-state index contributed by atoms with van der Waals surface area (Å²) in [7, 11) is -4.70. The Morgan fingerprint density at radius 1 is 0.852 bits per heavy atom. The van der Waals surface area contributed by atoms with E-state index >= 15 is 0 Å². The number of nitrogens with one attached hydrogen (secondary N) is 1. The van der Waals surface area contributed by atoms with Gasteiger partial charge in [-0.3, -0.25) is 4.55 Å². The second-order valence-corrected chi connectivity index (χ2v) is 27.2. The van der Waals surface area contributed by atoms with E-state index < -0.39 is 50.6 Å². The second-order valence-electron chi connectivity index (χ2n) is 25.6. The summed E-state index contributed by atoms with van der Waals surface area (Å²) in [5.74, 6) is 5.03. The molecular weight excluding hydrogens is 1030 g/mol. The van der Waals surface area contributed by atoms with Gasteiger partial charge < -0.3 is 41.6 Å². The van der Waals surface area contributed by atoms with Gasteiger partial charge >= 0.3 is 0 Å². The quantitative estimate of drug-likeness (QED) is 0.0268. The number of aryl methyl sites for hydroxylation is 1. The highest BCUT2D eigenvalue weighted by molar-refractivity contribution is 7.86. The number of aliphatic imine (C=N–C) groups is 1. The smallest absolute Gasteiger partial charge is 0.268 e. The predicted octanol–water partition coefficient (Wildman–Crippen LogP) is 10.4. The van der Waals surface area contributed by atoms with Crippen molar-refractivity contribution in [1.29, 1.82) is 0 Å². The first-order valence-electron chi connectivity index (χ1n) is 30.0. The molecule has 0 spiro atoms. The first kappa shape index (κ1) is 54.3. The molecule has 6 heterocycles. The molecule has 12 nitrogen and oxygen atoms in total. The monoisotopic (exact) mass is 1110 g/mol. The summed E-state index contributed by atoms with van der Waals surface area (Å²) in [4.78, 5) is 5.35. The van der Waals surface area contributed by atoms with Gasteiger partial charge in [0.2, 0.25) is 5.72 Å². The molecule has 3 fully saturated rings. The summed E-state index contributed by atoms with van der Waals surface area (Å²) in [6.07, 6.45) is 10.6. The summed E-state index contributed by atoms with van der Waals surface area (Å²) in [5, 5.41) is 37.9. The number of hydrogen-bond donors (Lipinski definition) is 7. The van der Waals surface area contributed by atoms with E-state index in [9.17, 15) is 28.3 Å². The number of fused-ring (bicyclic) bond motifs is 11. The molecule has 5 aromatic rings. The Kier molecular flexibility index (Phi) is 14.5. The third-order valence-electron chi connectivity index (χ3n) is 21.0. The number of guanidine groups is 1. The second kappa shape index (κ2) is 21.6. The highest BCUT2D eigenvalue weighted by Crippen LogP contribution is 2.60. The molecule has 9 N–H and O–H groups in total. The van der Waals surface area contributed by atoms with E-state index in [0.717, 1.165) is 90.6 Å². The maximum absolute atomic E-state index is 14.5. The average Bonchev–Trinajstić information content (AvgIpc) is 3.40. The molecule has 10 bridgehead atoms. The first-order chi connectivity index (χ1) is 39.1. The summed E-state index contributed by atoms with van der Waals surface area (Å²) in [6.45, 7) is 3.95. The Morgan fingerprint density at radius 3 is 2.46 bits per heavy atom. The van der Waals surface area contributed by atoms with Crippen LogP contribution in [0.3, 0.4) is 0 Å². The van der Waals surface area contributed by atoms with E-state index in [-0.39, 0.29) is 72.3 Å². The number of nitrogens with two attached hydrogens (primary N) is 2. The van der Waals surface area contributed by atoms with Crippen LogP contribution in [0.4, 0.5) is 0 Å². The summed E-state index contributed by atoms with van der Waals surface area (Å²) < 4.78 is 55.8. The number of aromatic hydroxyl groups is 1. The third-order valence-corrected chi connectivity index (χ3v) is 22.3. The van der Waals surface area contributed by atoms with Gasteiger partial charge in [-0.1, -0.05) is 110 Å². The number of aliphatic hydroxyl groups is 2. The van der Waals surface area contributed by atoms with Crippen molar-refractivity contribution in [3.05, 3.63) is 176 Å². The fraction of sp³-hybridized carbons (Fsp3) is 0.485. The molecule has 0 radical (unpaired) electrons. The van der Waals surface area contributed by atoms with Gasteiger partial charge in [0.25, 0.3) is 10.1 Å². The van der Waals surface area contributed by atoms with Crippen LogP contribution < -0.4 is 21.5 Å². The van der Waals surface area contributed by atoms with Crippen molar-refractivity contribution in [3.8, 4) is 23.3 Å². The average molecular weight is 1110 g/mol. The lowest BCUT2D eigenvalue weighted by Gasteiger charge is -2.57. The Labute approximate surface area is 477 Å². The Balaban J connectivity index is 0.990. The van der Waals surface area contributed by atoms with Crippen LogP contribution in [0, 0.1) is 53.3 Å². The lowest BCUT2D eigenvalue weighted by atomic mass is 9.52. The minimum Gasteiger partial charge on any atom is -0.508 e. The van der Waals surface area contributed by atoms with Crippen LogP contribution in [-0.4, -0.2) is 64.4 Å². The Bertz CT molecular complexity index is 3430. The van der Waals surface area contributed by atoms with E-state index in [0.29, 0.717) is 56.3 Å². The molecule has 6 aliphatic heterocycles. The van der Waals surface area contributed by atoms with Gasteiger partial charge in [0.05, 0.1) is 17.0 Å². The van der Waals surface area contributed by atoms with Crippen LogP contribution >= 0.6 is 0 Å². The lowest BCUT2D eigenvalue weighted by molar-refractivity contribution is -0.177. The molecule has 424 valence electrons. The Hall–Kier alpha value is -5.98. The van der Waals surface area contributed by atoms with Gasteiger partial charge in [0.15, 0.2) is 5.96 Å². The van der Waals surface area contributed by atoms with Crippen LogP contribution in [0.1, 0.15) is 157 Å². The summed E-state index contributed by atoms with van der Waals surface area (Å²) >= 11 is 0. The van der Waals surface area contributed by atoms with Crippen LogP contribution in [-0.2, 0) is 46.4 Å². The SMILES string of the molecule is CC1CCc2cc3ccc2C1CC(S(=O)(=O)O)C1C=C2CC(CC4CC(CO)CC#Cc5cc(O)ccc5C2O4)C1c1ccc(cc1)C(N=C(N)N)(C1CCC2CCC(c4ccc5c(c4)CNCC5)CC2(O)C1Cc1ccccc1)O3. The highest BCUT2D eigenvalue weighted by Gasteiger charge is 2.60. The van der Waals surface area contributed by atoms with E-state index in [1.54, 1.807) is 12.1 Å². The van der Waals surface area contributed by atoms with Crippen LogP contribution in [0.2, 0.25) is 0 Å². The largest absolute Gasteiger partial charge is 0.508 e. The van der Waals surface area contributed by atoms with Crippen LogP contribution in [0.5, 0.6) is 11.5 Å². The molecule has 0 aromatic heterocycles. The number of phenols is 1. The van der Waals surface area contributed by atoms with Crippen molar-refractivity contribution in [3.63, 3.8) is 0 Å². The molecule has 5 aromatic carbocycles. The lowest BCUT2D eigenvalue weighted by Crippen LogP contribution is -2.60. The minimum atomic E-state index is -4.70. The summed E-state index contributed by atoms with van der Waals surface area (Å²) in [5.41, 5.74) is 22.0. The van der Waals surface area contributed by atoms with Crippen molar-refractivity contribution in [2.75, 3.05) is 13.2 Å². The van der Waals surface area contributed by atoms with Gasteiger partial charge in [-0.05, 0) is 200 Å². The topological polar surface area (TPSA) is 210 Å². The fourth-order valence-corrected chi connectivity index (χ4v) is 18.2. The van der Waals surface area contributed by atoms with E-state index in [1.165, 1.54) is 16.7 Å². The normalized spacial score (nSPS) is 34.1. The van der Waals surface area contributed by atoms with Crippen LogP contribution in [0.15, 0.2) is 126 Å². The van der Waals surface area contributed by atoms with Gasteiger partial charge in [-0.15, -0.1) is 0 Å². The number of rotatable bonds is 7. The van der Waals surface area contributed by atoms with Crippen molar-refractivity contribution in [1.82, 2.24) is 5.32 Å². The maximum atomic E-state index is 14.5. The van der Waals surface area contributed by atoms with E-state index in [4.69, 9.17) is 25.9 Å². The molecule has 15 unspecified atom stereocenters. The Morgan fingerprint density at radius 2 is 1.65 bits per heavy atom. The molecular formula is C68H78N4O8S. The number of aliphatic hydroxyl groups excluding tert-OH is 1. The van der Waals surface area contributed by atoms with Crippen molar-refractivity contribution < 1.29 is 37.8 Å². The molecule has 81 heavy (non-hydrogen) atoms. The van der Waals surface area contributed by atoms with E-state index in [1.807, 2.05) is 18.2 Å². The van der Waals surface area contributed by atoms with E-state index in [2.05, 4.69) is 109 Å². The zero-order valence-electron chi connectivity index (χ0n) is 46.4. The number of ether oxygens (including phenoxy) is 2. The van der Waals surface area contributed by atoms with Gasteiger partial charge in [0, 0.05) is 54.0 Å². The minimum absolute atomic E-state index is 0.0460. The molecule has 4 aliphatic carbocycles. The molecule has 15 atom stereocenters. The zero-order valence-corrected chi connectivity index (χ0v) is 47.2. The highest BCUT2D eigenvalue weighted by atomic mass is 32.2. The number of phenolic OH excluding ortho intramolecular Hbond substituents is 1. The van der Waals surface area contributed by atoms with Gasteiger partial charge in [-0.2, -0.15) is 8.42 Å².